The smallest absolute Gasteiger partial charge is 0.407 e. The van der Waals surface area contributed by atoms with Crippen LogP contribution in [0.5, 0.6) is 0 Å². The highest BCUT2D eigenvalue weighted by Crippen LogP contribution is 2.38. The molecule has 0 radical (unpaired) electrons. The van der Waals surface area contributed by atoms with Crippen molar-refractivity contribution in [2.45, 2.75) is 91.3 Å². The van der Waals surface area contributed by atoms with Crippen molar-refractivity contribution in [3.63, 3.8) is 0 Å². The average molecular weight is 376 g/mol. The van der Waals surface area contributed by atoms with E-state index in [0.29, 0.717) is 0 Å². The molecule has 25 heavy (non-hydrogen) atoms. The molecule has 0 heterocycles. The van der Waals surface area contributed by atoms with E-state index in [1.54, 1.807) is 20.8 Å². The van der Waals surface area contributed by atoms with Crippen molar-refractivity contribution in [2.75, 3.05) is 7.11 Å². The maximum absolute atomic E-state index is 12.4. The summed E-state index contributed by atoms with van der Waals surface area (Å²) in [5.74, 6) is -0.527. The van der Waals surface area contributed by atoms with E-state index in [9.17, 15) is 9.59 Å². The van der Waals surface area contributed by atoms with E-state index in [-0.39, 0.29) is 11.0 Å². The molecule has 0 saturated carbocycles. The Hall–Kier alpha value is -1.08. The van der Waals surface area contributed by atoms with Gasteiger partial charge in [-0.3, -0.25) is 0 Å². The number of hydrogen-bond donors (Lipinski definition) is 1. The second kappa shape index (κ2) is 8.53. The predicted octanol–water partition coefficient (Wildman–Crippen LogP) is 4.10. The number of ether oxygens (including phenoxy) is 2. The van der Waals surface area contributed by atoms with Crippen LogP contribution in [0, 0.1) is 5.92 Å². The van der Waals surface area contributed by atoms with E-state index < -0.39 is 38.1 Å². The molecule has 0 aliphatic heterocycles. The van der Waals surface area contributed by atoms with Gasteiger partial charge in [-0.05, 0) is 44.8 Å². The van der Waals surface area contributed by atoms with Crippen LogP contribution in [0.2, 0.25) is 18.1 Å². The molecule has 6 nitrogen and oxygen atoms in total. The van der Waals surface area contributed by atoms with Crippen LogP contribution in [-0.4, -0.2) is 45.2 Å². The number of carbonyl (C=O) groups is 2. The summed E-state index contributed by atoms with van der Waals surface area (Å²) in [6.45, 7) is 19.6. The van der Waals surface area contributed by atoms with Crippen LogP contribution in [0.15, 0.2) is 0 Å². The Morgan fingerprint density at radius 3 is 1.80 bits per heavy atom. The first kappa shape index (κ1) is 23.9. The van der Waals surface area contributed by atoms with E-state index >= 15 is 0 Å². The van der Waals surface area contributed by atoms with Gasteiger partial charge in [0.2, 0.25) is 0 Å². The average Bonchev–Trinajstić information content (AvgIpc) is 2.38. The lowest BCUT2D eigenvalue weighted by Crippen LogP contribution is -2.57. The van der Waals surface area contributed by atoms with Crippen molar-refractivity contribution in [1.29, 1.82) is 0 Å². The van der Waals surface area contributed by atoms with Gasteiger partial charge in [-0.25, -0.2) is 9.59 Å². The minimum atomic E-state index is -2.25. The van der Waals surface area contributed by atoms with Crippen molar-refractivity contribution in [3.05, 3.63) is 0 Å². The summed E-state index contributed by atoms with van der Waals surface area (Å²) in [5.41, 5.74) is -0.618. The van der Waals surface area contributed by atoms with Gasteiger partial charge >= 0.3 is 12.1 Å². The highest BCUT2D eigenvalue weighted by atomic mass is 28.4. The van der Waals surface area contributed by atoms with Crippen LogP contribution in [0.25, 0.3) is 0 Å². The lowest BCUT2D eigenvalue weighted by molar-refractivity contribution is -0.151. The Kier molecular flexibility index (Phi) is 8.16. The Labute approximate surface area is 154 Å². The molecular weight excluding hydrogens is 338 g/mol. The quantitative estimate of drug-likeness (QED) is 0.559. The van der Waals surface area contributed by atoms with Crippen molar-refractivity contribution in [2.24, 2.45) is 5.92 Å². The second-order valence-corrected chi connectivity index (χ2v) is 14.0. The molecule has 7 heteroatoms. The van der Waals surface area contributed by atoms with Gasteiger partial charge in [-0.2, -0.15) is 0 Å². The molecule has 0 spiro atoms. The minimum absolute atomic E-state index is 0.0404. The maximum atomic E-state index is 12.4. The summed E-state index contributed by atoms with van der Waals surface area (Å²) in [4.78, 5) is 24.6. The van der Waals surface area contributed by atoms with Crippen LogP contribution in [0.3, 0.4) is 0 Å². The fourth-order valence-electron chi connectivity index (χ4n) is 1.91. The molecule has 1 amide bonds. The zero-order valence-corrected chi connectivity index (χ0v) is 18.8. The summed E-state index contributed by atoms with van der Waals surface area (Å²) >= 11 is 0. The Balaban J connectivity index is 5.56. The summed E-state index contributed by atoms with van der Waals surface area (Å²) < 4.78 is 16.6. The van der Waals surface area contributed by atoms with E-state index in [1.165, 1.54) is 7.11 Å². The number of alkyl carbamates (subject to hydrolysis) is 1. The molecule has 1 N–H and O–H groups in total. The number of hydrogen-bond acceptors (Lipinski definition) is 5. The number of amides is 1. The number of methoxy groups -OCH3 is 1. The molecule has 0 aromatic carbocycles. The minimum Gasteiger partial charge on any atom is -0.467 e. The molecule has 148 valence electrons. The van der Waals surface area contributed by atoms with E-state index in [1.807, 2.05) is 13.8 Å². The topological polar surface area (TPSA) is 73.9 Å². The lowest BCUT2D eigenvalue weighted by atomic mass is 9.99. The van der Waals surface area contributed by atoms with Gasteiger partial charge in [-0.15, -0.1) is 0 Å². The van der Waals surface area contributed by atoms with E-state index in [0.717, 1.165) is 0 Å². The fraction of sp³-hybridized carbons (Fsp3) is 0.889. The van der Waals surface area contributed by atoms with Gasteiger partial charge in [0.15, 0.2) is 14.4 Å². The van der Waals surface area contributed by atoms with Crippen LogP contribution in [0.4, 0.5) is 4.79 Å². The van der Waals surface area contributed by atoms with Crippen molar-refractivity contribution >= 4 is 20.4 Å². The highest BCUT2D eigenvalue weighted by Gasteiger charge is 2.44. The van der Waals surface area contributed by atoms with E-state index in [4.69, 9.17) is 13.9 Å². The number of rotatable bonds is 6. The molecule has 0 aliphatic carbocycles. The first-order valence-corrected chi connectivity index (χ1v) is 11.7. The number of nitrogens with one attached hydrogen (secondary N) is 1. The van der Waals surface area contributed by atoms with Crippen molar-refractivity contribution < 1.29 is 23.5 Å². The molecule has 2 atom stereocenters. The van der Waals surface area contributed by atoms with Gasteiger partial charge < -0.3 is 19.2 Å². The predicted molar refractivity (Wildman–Crippen MR) is 102 cm³/mol. The van der Waals surface area contributed by atoms with Crippen molar-refractivity contribution in [3.8, 4) is 0 Å². The van der Waals surface area contributed by atoms with Crippen LogP contribution < -0.4 is 5.32 Å². The van der Waals surface area contributed by atoms with Crippen molar-refractivity contribution in [1.82, 2.24) is 5.32 Å². The largest absolute Gasteiger partial charge is 0.467 e. The first-order valence-electron chi connectivity index (χ1n) is 8.77. The molecule has 0 bridgehead atoms. The first-order chi connectivity index (χ1) is 11.0. The summed E-state index contributed by atoms with van der Waals surface area (Å²) in [5, 5.41) is 2.72. The summed E-state index contributed by atoms with van der Waals surface area (Å²) in [7, 11) is -0.918. The third-order valence-corrected chi connectivity index (χ3v) is 8.84. The maximum Gasteiger partial charge on any atom is 0.407 e. The molecule has 0 fully saturated rings. The van der Waals surface area contributed by atoms with Gasteiger partial charge in [0.1, 0.15) is 5.60 Å². The van der Waals surface area contributed by atoms with E-state index in [2.05, 4.69) is 39.2 Å². The zero-order valence-electron chi connectivity index (χ0n) is 17.8. The third kappa shape index (κ3) is 7.77. The molecule has 0 aromatic rings. The lowest BCUT2D eigenvalue weighted by Gasteiger charge is -2.41. The molecule has 0 aromatic heterocycles. The van der Waals surface area contributed by atoms with Gasteiger partial charge in [0, 0.05) is 0 Å². The van der Waals surface area contributed by atoms with Crippen LogP contribution >= 0.6 is 0 Å². The Morgan fingerprint density at radius 2 is 1.48 bits per heavy atom. The third-order valence-electron chi connectivity index (χ3n) is 4.39. The van der Waals surface area contributed by atoms with Gasteiger partial charge in [0.05, 0.1) is 13.2 Å². The molecule has 0 rings (SSSR count). The summed E-state index contributed by atoms with van der Waals surface area (Å²) in [6.07, 6.45) is -1.45. The van der Waals surface area contributed by atoms with Crippen LogP contribution in [0.1, 0.15) is 55.4 Å². The number of carbonyl (C=O) groups excluding carboxylic acids is 2. The monoisotopic (exact) mass is 375 g/mol. The molecular formula is C18H37NO5Si. The Morgan fingerprint density at radius 1 is 1.00 bits per heavy atom. The SMILES string of the molecule is COC(=O)C(O[Si](C)(C)C(C)(C)C)C(NC(=O)OC(C)(C)C)C(C)C. The second-order valence-electron chi connectivity index (χ2n) is 9.24. The van der Waals surface area contributed by atoms with Gasteiger partial charge in [-0.1, -0.05) is 34.6 Å². The Bertz CT molecular complexity index is 463. The van der Waals surface area contributed by atoms with Gasteiger partial charge in [0.25, 0.3) is 0 Å². The number of esters is 1. The normalized spacial score (nSPS) is 15.5. The highest BCUT2D eigenvalue weighted by molar-refractivity contribution is 6.74. The summed E-state index contributed by atoms with van der Waals surface area (Å²) in [6, 6.07) is -0.545. The molecule has 2 unspecified atom stereocenters. The van der Waals surface area contributed by atoms with Crippen LogP contribution in [-0.2, 0) is 18.7 Å². The standard InChI is InChI=1S/C18H37NO5Si/c1-12(2)13(19-16(21)23-17(3,4)5)14(15(20)22-9)24-25(10,11)18(6,7)8/h12-14H,1-11H3,(H,19,21). The molecule has 0 saturated heterocycles. The fourth-order valence-corrected chi connectivity index (χ4v) is 3.15. The zero-order chi connectivity index (χ0) is 20.2. The molecule has 0 aliphatic rings.